The van der Waals surface area contributed by atoms with Crippen LogP contribution >= 0.6 is 12.2 Å². The van der Waals surface area contributed by atoms with Gasteiger partial charge in [-0.05, 0) is 26.8 Å². The molecule has 0 saturated carbocycles. The van der Waals surface area contributed by atoms with Gasteiger partial charge in [0.25, 0.3) is 0 Å². The summed E-state index contributed by atoms with van der Waals surface area (Å²) in [5.74, 6) is -0.410. The van der Waals surface area contributed by atoms with E-state index in [-0.39, 0.29) is 22.8 Å². The lowest BCUT2D eigenvalue weighted by atomic mass is 10.1. The van der Waals surface area contributed by atoms with Crippen molar-refractivity contribution in [3.8, 4) is 0 Å². The smallest absolute Gasteiger partial charge is 0.138 e. The molecule has 0 aliphatic rings. The minimum absolute atomic E-state index is 0.0513. The van der Waals surface area contributed by atoms with Crippen molar-refractivity contribution >= 4 is 17.2 Å². The zero-order chi connectivity index (χ0) is 14.5. The zero-order valence-corrected chi connectivity index (χ0v) is 12.3. The van der Waals surface area contributed by atoms with Crippen molar-refractivity contribution in [1.82, 2.24) is 0 Å². The minimum Gasteiger partial charge on any atom is -0.389 e. The number of nitrogens with two attached hydrogens (primary N) is 1. The van der Waals surface area contributed by atoms with Gasteiger partial charge in [0.05, 0.1) is 25.4 Å². The van der Waals surface area contributed by atoms with Crippen molar-refractivity contribution in [2.75, 3.05) is 13.2 Å². The van der Waals surface area contributed by atoms with E-state index in [4.69, 9.17) is 27.4 Å². The van der Waals surface area contributed by atoms with Crippen LogP contribution in [0.1, 0.15) is 31.9 Å². The molecule has 1 aromatic rings. The highest BCUT2D eigenvalue weighted by Crippen LogP contribution is 2.14. The first-order valence-corrected chi connectivity index (χ1v) is 6.51. The van der Waals surface area contributed by atoms with E-state index in [1.807, 2.05) is 20.8 Å². The maximum atomic E-state index is 13.9. The van der Waals surface area contributed by atoms with Crippen molar-refractivity contribution in [3.63, 3.8) is 0 Å². The number of rotatable bonds is 6. The molecular weight excluding hydrogens is 265 g/mol. The molecule has 0 unspecified atom stereocenters. The third kappa shape index (κ3) is 5.63. The van der Waals surface area contributed by atoms with Crippen LogP contribution < -0.4 is 5.73 Å². The number of halogens is 1. The molecule has 19 heavy (non-hydrogen) atoms. The van der Waals surface area contributed by atoms with Gasteiger partial charge in [-0.25, -0.2) is 4.39 Å². The Kier molecular flexibility index (Phi) is 5.85. The van der Waals surface area contributed by atoms with Gasteiger partial charge in [0.15, 0.2) is 0 Å². The van der Waals surface area contributed by atoms with Crippen molar-refractivity contribution in [1.29, 1.82) is 0 Å². The fraction of sp³-hybridized carbons (Fsp3) is 0.500. The van der Waals surface area contributed by atoms with Crippen molar-refractivity contribution in [2.45, 2.75) is 33.0 Å². The second kappa shape index (κ2) is 6.93. The Hall–Kier alpha value is -1.04. The fourth-order valence-electron chi connectivity index (χ4n) is 1.47. The number of hydrogen-bond acceptors (Lipinski definition) is 3. The Morgan fingerprint density at radius 1 is 1.32 bits per heavy atom. The van der Waals surface area contributed by atoms with Crippen LogP contribution in [-0.4, -0.2) is 23.8 Å². The minimum atomic E-state index is -0.410. The predicted molar refractivity (Wildman–Crippen MR) is 77.6 cm³/mol. The van der Waals surface area contributed by atoms with Crippen LogP contribution in [0, 0.1) is 5.82 Å². The predicted octanol–water partition coefficient (Wildman–Crippen LogP) is 2.79. The maximum Gasteiger partial charge on any atom is 0.138 e. The molecule has 0 atom stereocenters. The monoisotopic (exact) mass is 285 g/mol. The highest BCUT2D eigenvalue weighted by atomic mass is 32.1. The van der Waals surface area contributed by atoms with Gasteiger partial charge in [0.1, 0.15) is 10.8 Å². The summed E-state index contributed by atoms with van der Waals surface area (Å²) in [7, 11) is 0. The van der Waals surface area contributed by atoms with Crippen LogP contribution in [0.2, 0.25) is 0 Å². The molecule has 0 heterocycles. The largest absolute Gasteiger partial charge is 0.389 e. The van der Waals surface area contributed by atoms with E-state index in [2.05, 4.69) is 0 Å². The van der Waals surface area contributed by atoms with E-state index in [0.29, 0.717) is 18.8 Å². The average Bonchev–Trinajstić information content (AvgIpc) is 2.28. The van der Waals surface area contributed by atoms with Gasteiger partial charge in [-0.15, -0.1) is 0 Å². The number of benzene rings is 1. The first-order valence-electron chi connectivity index (χ1n) is 6.10. The SMILES string of the molecule is CC(C)(C)OCCOCc1cccc(C(N)=S)c1F. The summed E-state index contributed by atoms with van der Waals surface area (Å²) in [6.45, 7) is 6.97. The molecular formula is C14H20FNO2S. The molecule has 0 fully saturated rings. The normalized spacial score (nSPS) is 11.6. The zero-order valence-electron chi connectivity index (χ0n) is 11.5. The third-order valence-corrected chi connectivity index (χ3v) is 2.58. The summed E-state index contributed by atoms with van der Waals surface area (Å²) in [5.41, 5.74) is 5.94. The second-order valence-electron chi connectivity index (χ2n) is 5.16. The second-order valence-corrected chi connectivity index (χ2v) is 5.60. The molecule has 0 aromatic heterocycles. The molecule has 0 amide bonds. The molecule has 0 aliphatic carbocycles. The molecule has 5 heteroatoms. The standard InChI is InChI=1S/C14H20FNO2S/c1-14(2,3)18-8-7-17-9-10-5-4-6-11(12(10)15)13(16)19/h4-6H,7-9H2,1-3H3,(H2,16,19). The molecule has 0 bridgehead atoms. The highest BCUT2D eigenvalue weighted by molar-refractivity contribution is 7.80. The molecule has 0 spiro atoms. The van der Waals surface area contributed by atoms with E-state index < -0.39 is 5.82 Å². The Bertz CT molecular complexity index is 444. The average molecular weight is 285 g/mol. The molecule has 1 rings (SSSR count). The van der Waals surface area contributed by atoms with E-state index in [1.165, 1.54) is 0 Å². The lowest BCUT2D eigenvalue weighted by molar-refractivity contribution is -0.0379. The summed E-state index contributed by atoms with van der Waals surface area (Å²) in [6.07, 6.45) is 0. The first-order chi connectivity index (χ1) is 8.81. The van der Waals surface area contributed by atoms with E-state index >= 15 is 0 Å². The topological polar surface area (TPSA) is 44.5 Å². The lowest BCUT2D eigenvalue weighted by Gasteiger charge is -2.19. The summed E-state index contributed by atoms with van der Waals surface area (Å²) >= 11 is 4.78. The number of hydrogen-bond donors (Lipinski definition) is 1. The van der Waals surface area contributed by atoms with Crippen LogP contribution in [0.15, 0.2) is 18.2 Å². The summed E-state index contributed by atoms with van der Waals surface area (Å²) in [4.78, 5) is 0.0513. The van der Waals surface area contributed by atoms with Crippen molar-refractivity contribution in [3.05, 3.63) is 35.1 Å². The summed E-state index contributed by atoms with van der Waals surface area (Å²) in [6, 6.07) is 4.92. The highest BCUT2D eigenvalue weighted by Gasteiger charge is 2.11. The summed E-state index contributed by atoms with van der Waals surface area (Å²) < 4.78 is 24.8. The number of ether oxygens (including phenoxy) is 2. The van der Waals surface area contributed by atoms with Gasteiger partial charge in [0, 0.05) is 11.1 Å². The van der Waals surface area contributed by atoms with Gasteiger partial charge in [-0.2, -0.15) is 0 Å². The molecule has 0 aliphatic heterocycles. The van der Waals surface area contributed by atoms with E-state index in [0.717, 1.165) is 0 Å². The van der Waals surface area contributed by atoms with Gasteiger partial charge in [-0.3, -0.25) is 0 Å². The summed E-state index contributed by atoms with van der Waals surface area (Å²) in [5, 5.41) is 0. The Labute approximate surface area is 118 Å². The van der Waals surface area contributed by atoms with Gasteiger partial charge >= 0.3 is 0 Å². The molecule has 2 N–H and O–H groups in total. The third-order valence-electron chi connectivity index (χ3n) is 2.36. The Morgan fingerprint density at radius 3 is 2.58 bits per heavy atom. The fourth-order valence-corrected chi connectivity index (χ4v) is 1.63. The van der Waals surface area contributed by atoms with Gasteiger partial charge in [0.2, 0.25) is 0 Å². The molecule has 0 radical (unpaired) electrons. The van der Waals surface area contributed by atoms with Gasteiger partial charge in [-0.1, -0.05) is 24.4 Å². The number of thiocarbonyl (C=S) groups is 1. The molecule has 3 nitrogen and oxygen atoms in total. The van der Waals surface area contributed by atoms with Crippen molar-refractivity contribution in [2.24, 2.45) is 5.73 Å². The molecule has 1 aromatic carbocycles. The lowest BCUT2D eigenvalue weighted by Crippen LogP contribution is -2.21. The van der Waals surface area contributed by atoms with E-state index in [1.54, 1.807) is 18.2 Å². The van der Waals surface area contributed by atoms with Crippen LogP contribution in [0.25, 0.3) is 0 Å². The van der Waals surface area contributed by atoms with Crippen LogP contribution in [0.4, 0.5) is 4.39 Å². The van der Waals surface area contributed by atoms with Crippen LogP contribution in [-0.2, 0) is 16.1 Å². The van der Waals surface area contributed by atoms with Crippen molar-refractivity contribution < 1.29 is 13.9 Å². The van der Waals surface area contributed by atoms with Crippen LogP contribution in [0.5, 0.6) is 0 Å². The maximum absolute atomic E-state index is 13.9. The van der Waals surface area contributed by atoms with E-state index in [9.17, 15) is 4.39 Å². The Morgan fingerprint density at radius 2 is 2.00 bits per heavy atom. The van der Waals surface area contributed by atoms with Gasteiger partial charge < -0.3 is 15.2 Å². The molecule has 106 valence electrons. The Balaban J connectivity index is 2.46. The first kappa shape index (κ1) is 16.0. The molecule has 0 saturated heterocycles. The van der Waals surface area contributed by atoms with Crippen LogP contribution in [0.3, 0.4) is 0 Å². The quantitative estimate of drug-likeness (QED) is 0.645.